The van der Waals surface area contributed by atoms with Gasteiger partial charge in [0.2, 0.25) is 0 Å². The van der Waals surface area contributed by atoms with Crippen LogP contribution in [0.2, 0.25) is 0 Å². The summed E-state index contributed by atoms with van der Waals surface area (Å²) in [6, 6.07) is 82.1. The molecule has 2 heterocycles. The van der Waals surface area contributed by atoms with Crippen LogP contribution in [0.25, 0.3) is 44.5 Å². The highest BCUT2D eigenvalue weighted by Crippen LogP contribution is 2.48. The lowest BCUT2D eigenvalue weighted by Crippen LogP contribution is -2.61. The van der Waals surface area contributed by atoms with Crippen molar-refractivity contribution in [3.05, 3.63) is 224 Å². The van der Waals surface area contributed by atoms with Crippen LogP contribution in [-0.4, -0.2) is 6.71 Å². The number of benzene rings is 9. The topological polar surface area (TPSA) is 6.48 Å². The van der Waals surface area contributed by atoms with Crippen molar-refractivity contribution in [2.45, 2.75) is 0 Å². The van der Waals surface area contributed by atoms with E-state index in [1.54, 1.807) is 0 Å². The van der Waals surface area contributed by atoms with Gasteiger partial charge in [0.15, 0.2) is 0 Å². The molecule has 9 aromatic rings. The molecule has 0 saturated heterocycles. The highest BCUT2D eigenvalue weighted by atomic mass is 15.2. The van der Waals surface area contributed by atoms with Crippen LogP contribution in [0.1, 0.15) is 0 Å². The summed E-state index contributed by atoms with van der Waals surface area (Å²) >= 11 is 0. The Morgan fingerprint density at radius 2 is 0.667 bits per heavy atom. The summed E-state index contributed by atoms with van der Waals surface area (Å²) in [6.45, 7) is -0.0410. The highest BCUT2D eigenvalue weighted by Gasteiger charge is 2.44. The molecule has 57 heavy (non-hydrogen) atoms. The fourth-order valence-corrected chi connectivity index (χ4v) is 9.08. The minimum absolute atomic E-state index is 0.0410. The Bertz CT molecular complexity index is 2880. The number of anilines is 6. The second-order valence-corrected chi connectivity index (χ2v) is 14.9. The maximum atomic E-state index is 2.52. The van der Waals surface area contributed by atoms with Gasteiger partial charge in [-0.05, 0) is 109 Å². The third-order valence-corrected chi connectivity index (χ3v) is 11.6. The van der Waals surface area contributed by atoms with Crippen molar-refractivity contribution < 1.29 is 0 Å². The van der Waals surface area contributed by atoms with Gasteiger partial charge in [-0.3, -0.25) is 0 Å². The summed E-state index contributed by atoms with van der Waals surface area (Å²) in [6.07, 6.45) is 0. The van der Waals surface area contributed by atoms with Gasteiger partial charge in [0.05, 0.1) is 0 Å². The Morgan fingerprint density at radius 3 is 1.18 bits per heavy atom. The van der Waals surface area contributed by atoms with Crippen molar-refractivity contribution in [1.29, 1.82) is 0 Å². The van der Waals surface area contributed by atoms with Crippen molar-refractivity contribution >= 4 is 57.2 Å². The molecular weight excluding hydrogens is 687 g/mol. The molecule has 0 fully saturated rings. The zero-order valence-corrected chi connectivity index (χ0v) is 31.3. The maximum Gasteiger partial charge on any atom is 0.252 e. The predicted molar refractivity (Wildman–Crippen MR) is 242 cm³/mol. The molecule has 11 rings (SSSR count). The largest absolute Gasteiger partial charge is 0.311 e. The van der Waals surface area contributed by atoms with E-state index in [-0.39, 0.29) is 6.71 Å². The molecule has 0 unspecified atom stereocenters. The maximum absolute atomic E-state index is 2.52. The van der Waals surface area contributed by atoms with E-state index in [0.717, 1.165) is 11.4 Å². The molecular formula is C54H37BN2. The SMILES string of the molecule is c1ccc(-c2ccc3c(c2)B2c4cc(-c5ccccc5)c(-c5ccccc5)cc4N(c4ccccc4)c4cc(-c5ccccc5)cc(c42)N3c2ccccc2)cc1. The number of para-hydroxylation sites is 2. The van der Waals surface area contributed by atoms with E-state index in [4.69, 9.17) is 0 Å². The highest BCUT2D eigenvalue weighted by molar-refractivity contribution is 7.00. The lowest BCUT2D eigenvalue weighted by atomic mass is 9.33. The third kappa shape index (κ3) is 5.59. The molecule has 0 spiro atoms. The molecule has 0 aliphatic carbocycles. The number of hydrogen-bond donors (Lipinski definition) is 0. The Kier molecular flexibility index (Phi) is 7.96. The van der Waals surface area contributed by atoms with Crippen LogP contribution in [0.4, 0.5) is 34.1 Å². The molecule has 0 atom stereocenters. The summed E-state index contributed by atoms with van der Waals surface area (Å²) in [5.41, 5.74) is 20.6. The molecule has 3 heteroatoms. The van der Waals surface area contributed by atoms with Crippen LogP contribution in [0.3, 0.4) is 0 Å². The lowest BCUT2D eigenvalue weighted by Gasteiger charge is -2.45. The van der Waals surface area contributed by atoms with E-state index in [0.29, 0.717) is 0 Å². The average molecular weight is 725 g/mol. The molecule has 2 aliphatic rings. The molecule has 0 radical (unpaired) electrons. The van der Waals surface area contributed by atoms with Crippen LogP contribution in [0, 0.1) is 0 Å². The monoisotopic (exact) mass is 724 g/mol. The fourth-order valence-electron chi connectivity index (χ4n) is 9.08. The molecule has 2 nitrogen and oxygen atoms in total. The first-order valence-electron chi connectivity index (χ1n) is 19.7. The Hall–Kier alpha value is -7.36. The van der Waals surface area contributed by atoms with Crippen LogP contribution in [0.15, 0.2) is 224 Å². The van der Waals surface area contributed by atoms with Gasteiger partial charge < -0.3 is 9.80 Å². The lowest BCUT2D eigenvalue weighted by molar-refractivity contribution is 1.25. The summed E-state index contributed by atoms with van der Waals surface area (Å²) in [5, 5.41) is 0. The van der Waals surface area contributed by atoms with Gasteiger partial charge >= 0.3 is 0 Å². The van der Waals surface area contributed by atoms with Crippen LogP contribution >= 0.6 is 0 Å². The molecule has 0 N–H and O–H groups in total. The Morgan fingerprint density at radius 1 is 0.263 bits per heavy atom. The van der Waals surface area contributed by atoms with E-state index in [1.807, 2.05) is 0 Å². The summed E-state index contributed by atoms with van der Waals surface area (Å²) in [5.74, 6) is 0. The molecule has 2 aliphatic heterocycles. The average Bonchev–Trinajstić information content (AvgIpc) is 3.30. The zero-order chi connectivity index (χ0) is 37.7. The first-order valence-corrected chi connectivity index (χ1v) is 19.7. The first kappa shape index (κ1) is 33.0. The van der Waals surface area contributed by atoms with Gasteiger partial charge in [0.1, 0.15) is 0 Å². The van der Waals surface area contributed by atoms with E-state index in [1.165, 1.54) is 83.6 Å². The quantitative estimate of drug-likeness (QED) is 0.158. The van der Waals surface area contributed by atoms with E-state index in [2.05, 4.69) is 234 Å². The zero-order valence-electron chi connectivity index (χ0n) is 31.3. The molecule has 0 amide bonds. The van der Waals surface area contributed by atoms with Gasteiger partial charge in [-0.1, -0.05) is 176 Å². The van der Waals surface area contributed by atoms with Crippen molar-refractivity contribution in [3.8, 4) is 44.5 Å². The van der Waals surface area contributed by atoms with E-state index in [9.17, 15) is 0 Å². The van der Waals surface area contributed by atoms with Gasteiger partial charge in [-0.2, -0.15) is 0 Å². The molecule has 266 valence electrons. The predicted octanol–water partition coefficient (Wildman–Crippen LogP) is 12.4. The van der Waals surface area contributed by atoms with E-state index < -0.39 is 0 Å². The van der Waals surface area contributed by atoms with Crippen LogP contribution in [-0.2, 0) is 0 Å². The summed E-state index contributed by atoms with van der Waals surface area (Å²) in [4.78, 5) is 5.02. The van der Waals surface area contributed by atoms with Gasteiger partial charge in [-0.25, -0.2) is 0 Å². The van der Waals surface area contributed by atoms with E-state index >= 15 is 0 Å². The minimum Gasteiger partial charge on any atom is -0.311 e. The van der Waals surface area contributed by atoms with Crippen LogP contribution in [0.5, 0.6) is 0 Å². The minimum atomic E-state index is -0.0410. The summed E-state index contributed by atoms with van der Waals surface area (Å²) < 4.78 is 0. The van der Waals surface area contributed by atoms with Gasteiger partial charge in [0, 0.05) is 34.1 Å². The van der Waals surface area contributed by atoms with Gasteiger partial charge in [-0.15, -0.1) is 0 Å². The van der Waals surface area contributed by atoms with Gasteiger partial charge in [0.25, 0.3) is 6.71 Å². The fraction of sp³-hybridized carbons (Fsp3) is 0. The smallest absolute Gasteiger partial charge is 0.252 e. The number of fused-ring (bicyclic) bond motifs is 4. The Labute approximate surface area is 334 Å². The van der Waals surface area contributed by atoms with Crippen LogP contribution < -0.4 is 26.2 Å². The van der Waals surface area contributed by atoms with Crippen molar-refractivity contribution in [1.82, 2.24) is 0 Å². The standard InChI is InChI=1S/C54H37BN2/c1-7-19-38(20-8-1)42-31-32-50-48(33-42)55-49-36-46(40-23-11-3-12-24-40)47(41-25-13-4-14-26-41)37-51(49)57(45-29-17-6-18-30-45)53-35-43(39-21-9-2-10-22-39)34-52(54(53)55)56(50)44-27-15-5-16-28-44/h1-37H. The van der Waals surface area contributed by atoms with Crippen molar-refractivity contribution in [3.63, 3.8) is 0 Å². The molecule has 0 aromatic heterocycles. The third-order valence-electron chi connectivity index (χ3n) is 11.6. The second-order valence-electron chi connectivity index (χ2n) is 14.9. The normalized spacial score (nSPS) is 12.5. The number of nitrogens with zero attached hydrogens (tertiary/aromatic N) is 2. The molecule has 0 saturated carbocycles. The van der Waals surface area contributed by atoms with Crippen molar-refractivity contribution in [2.75, 3.05) is 9.80 Å². The number of hydrogen-bond acceptors (Lipinski definition) is 2. The summed E-state index contributed by atoms with van der Waals surface area (Å²) in [7, 11) is 0. The molecule has 0 bridgehead atoms. The number of rotatable bonds is 6. The Balaban J connectivity index is 1.29. The first-order chi connectivity index (χ1) is 28.3. The molecule has 9 aromatic carbocycles. The van der Waals surface area contributed by atoms with Crippen molar-refractivity contribution in [2.24, 2.45) is 0 Å². The second kappa shape index (κ2) is 13.7.